The minimum atomic E-state index is -0.823. The molecule has 0 fully saturated rings. The van der Waals surface area contributed by atoms with E-state index >= 15 is 0 Å². The monoisotopic (exact) mass is 349 g/mol. The van der Waals surface area contributed by atoms with E-state index in [1.54, 1.807) is 30.0 Å². The van der Waals surface area contributed by atoms with E-state index in [0.717, 1.165) is 6.42 Å². The molecular weight excluding hydrogens is 326 g/mol. The van der Waals surface area contributed by atoms with Gasteiger partial charge in [-0.1, -0.05) is 19.1 Å². The molecule has 0 spiro atoms. The standard InChI is InChI=1S/C17H23N3O5/c1-4-9-18-16(22)14-10-20(11(2)15(21)19-17(23)24-3)12-7-5-6-8-13(12)25-14/h5-8,11,14H,4,9-10H2,1-3H3,(H,18,22)(H,19,21,23)/t11-,14-/m0/s1. The number of benzene rings is 1. The van der Waals surface area contributed by atoms with Crippen LogP contribution in [0.25, 0.3) is 0 Å². The summed E-state index contributed by atoms with van der Waals surface area (Å²) in [6.07, 6.45) is -0.748. The lowest BCUT2D eigenvalue weighted by molar-refractivity contribution is -0.128. The largest absolute Gasteiger partial charge is 0.477 e. The molecule has 0 radical (unpaired) electrons. The molecule has 0 saturated heterocycles. The van der Waals surface area contributed by atoms with Crippen molar-refractivity contribution in [3.63, 3.8) is 0 Å². The zero-order valence-corrected chi connectivity index (χ0v) is 14.6. The number of imide groups is 1. The molecule has 3 amide bonds. The fourth-order valence-electron chi connectivity index (χ4n) is 2.52. The Balaban J connectivity index is 2.21. The van der Waals surface area contributed by atoms with Crippen LogP contribution in [0.4, 0.5) is 10.5 Å². The molecule has 0 aliphatic carbocycles. The molecule has 136 valence electrons. The summed E-state index contributed by atoms with van der Waals surface area (Å²) in [5.41, 5.74) is 0.689. The Kier molecular flexibility index (Phi) is 6.21. The first-order valence-corrected chi connectivity index (χ1v) is 8.16. The van der Waals surface area contributed by atoms with Gasteiger partial charge in [0.15, 0.2) is 6.10 Å². The van der Waals surface area contributed by atoms with Crippen molar-refractivity contribution in [2.75, 3.05) is 25.1 Å². The number of anilines is 1. The summed E-state index contributed by atoms with van der Waals surface area (Å²) in [5, 5.41) is 4.95. The maximum absolute atomic E-state index is 12.3. The van der Waals surface area contributed by atoms with Gasteiger partial charge in [0.2, 0.25) is 0 Å². The van der Waals surface area contributed by atoms with Crippen LogP contribution in [0.1, 0.15) is 20.3 Å². The fourth-order valence-corrected chi connectivity index (χ4v) is 2.52. The first kappa shape index (κ1) is 18.6. The van der Waals surface area contributed by atoms with Gasteiger partial charge in [0.25, 0.3) is 11.8 Å². The maximum Gasteiger partial charge on any atom is 0.413 e. The first-order valence-electron chi connectivity index (χ1n) is 8.16. The zero-order chi connectivity index (χ0) is 18.4. The predicted molar refractivity (Wildman–Crippen MR) is 91.5 cm³/mol. The second-order valence-corrected chi connectivity index (χ2v) is 5.67. The highest BCUT2D eigenvalue weighted by atomic mass is 16.5. The normalized spacial score (nSPS) is 16.9. The average Bonchev–Trinajstić information content (AvgIpc) is 2.64. The minimum absolute atomic E-state index is 0.197. The lowest BCUT2D eigenvalue weighted by Crippen LogP contribution is -2.55. The Morgan fingerprint density at radius 1 is 1.36 bits per heavy atom. The van der Waals surface area contributed by atoms with Crippen LogP contribution in [0.3, 0.4) is 0 Å². The summed E-state index contributed by atoms with van der Waals surface area (Å²) in [4.78, 5) is 37.6. The van der Waals surface area contributed by atoms with Gasteiger partial charge >= 0.3 is 6.09 Å². The van der Waals surface area contributed by atoms with Crippen LogP contribution in [-0.4, -0.2) is 50.3 Å². The molecule has 1 aromatic rings. The van der Waals surface area contributed by atoms with E-state index < -0.39 is 24.1 Å². The number of para-hydroxylation sites is 2. The van der Waals surface area contributed by atoms with Gasteiger partial charge in [0.05, 0.1) is 19.3 Å². The molecule has 2 N–H and O–H groups in total. The second kappa shape index (κ2) is 8.36. The highest BCUT2D eigenvalue weighted by Crippen LogP contribution is 2.34. The molecule has 0 unspecified atom stereocenters. The quantitative estimate of drug-likeness (QED) is 0.825. The molecule has 1 heterocycles. The lowest BCUT2D eigenvalue weighted by Gasteiger charge is -2.38. The van der Waals surface area contributed by atoms with E-state index in [1.807, 2.05) is 13.0 Å². The third kappa shape index (κ3) is 4.40. The molecule has 0 saturated carbocycles. The Morgan fingerprint density at radius 2 is 2.08 bits per heavy atom. The fraction of sp³-hybridized carbons (Fsp3) is 0.471. The number of hydrogen-bond acceptors (Lipinski definition) is 6. The number of methoxy groups -OCH3 is 1. The topological polar surface area (TPSA) is 97.0 Å². The van der Waals surface area contributed by atoms with Crippen molar-refractivity contribution in [1.29, 1.82) is 0 Å². The van der Waals surface area contributed by atoms with Crippen LogP contribution in [-0.2, 0) is 14.3 Å². The van der Waals surface area contributed by atoms with Crippen LogP contribution < -0.4 is 20.3 Å². The first-order chi connectivity index (χ1) is 12.0. The summed E-state index contributed by atoms with van der Waals surface area (Å²) < 4.78 is 10.2. The molecule has 2 atom stereocenters. The third-order valence-corrected chi connectivity index (χ3v) is 3.91. The number of carbonyl (C=O) groups is 3. The lowest BCUT2D eigenvalue weighted by atomic mass is 10.1. The summed E-state index contributed by atoms with van der Waals surface area (Å²) in [6.45, 7) is 4.37. The molecule has 2 rings (SSSR count). The molecular formula is C17H23N3O5. The Labute approximate surface area is 146 Å². The molecule has 1 aliphatic heterocycles. The van der Waals surface area contributed by atoms with Crippen LogP contribution >= 0.6 is 0 Å². The SMILES string of the molecule is CCCNC(=O)[C@@H]1CN([C@@H](C)C(=O)NC(=O)OC)c2ccccc2O1. The van der Waals surface area contributed by atoms with Crippen molar-refractivity contribution in [3.05, 3.63) is 24.3 Å². The zero-order valence-electron chi connectivity index (χ0n) is 14.6. The van der Waals surface area contributed by atoms with E-state index in [-0.39, 0.29) is 12.5 Å². The van der Waals surface area contributed by atoms with Crippen LogP contribution in [0.5, 0.6) is 5.75 Å². The number of hydrogen-bond donors (Lipinski definition) is 2. The van der Waals surface area contributed by atoms with Crippen molar-refractivity contribution in [2.45, 2.75) is 32.4 Å². The molecule has 1 aromatic carbocycles. The number of carbonyl (C=O) groups excluding carboxylic acids is 3. The third-order valence-electron chi connectivity index (χ3n) is 3.91. The van der Waals surface area contributed by atoms with E-state index in [2.05, 4.69) is 15.4 Å². The van der Waals surface area contributed by atoms with Crippen molar-refractivity contribution < 1.29 is 23.9 Å². The second-order valence-electron chi connectivity index (χ2n) is 5.67. The van der Waals surface area contributed by atoms with E-state index in [9.17, 15) is 14.4 Å². The van der Waals surface area contributed by atoms with Crippen molar-refractivity contribution in [2.24, 2.45) is 0 Å². The molecule has 1 aliphatic rings. The molecule has 0 bridgehead atoms. The van der Waals surface area contributed by atoms with Crippen molar-refractivity contribution in [1.82, 2.24) is 10.6 Å². The smallest absolute Gasteiger partial charge is 0.413 e. The van der Waals surface area contributed by atoms with Gasteiger partial charge in [0.1, 0.15) is 11.8 Å². The number of amides is 3. The summed E-state index contributed by atoms with van der Waals surface area (Å²) in [7, 11) is 1.19. The molecule has 0 aromatic heterocycles. The number of nitrogens with one attached hydrogen (secondary N) is 2. The van der Waals surface area contributed by atoms with E-state index in [4.69, 9.17) is 4.74 Å². The van der Waals surface area contributed by atoms with Crippen LogP contribution in [0.2, 0.25) is 0 Å². The minimum Gasteiger partial charge on any atom is -0.477 e. The van der Waals surface area contributed by atoms with Gasteiger partial charge in [-0.15, -0.1) is 0 Å². The molecule has 8 nitrogen and oxygen atoms in total. The number of rotatable bonds is 5. The number of nitrogens with zero attached hydrogens (tertiary/aromatic N) is 1. The highest BCUT2D eigenvalue weighted by Gasteiger charge is 2.35. The van der Waals surface area contributed by atoms with Gasteiger partial charge in [-0.05, 0) is 25.5 Å². The Hall–Kier alpha value is -2.77. The predicted octanol–water partition coefficient (Wildman–Crippen LogP) is 1.05. The Bertz CT molecular complexity index is 649. The van der Waals surface area contributed by atoms with Crippen molar-refractivity contribution in [3.8, 4) is 5.75 Å². The van der Waals surface area contributed by atoms with Crippen LogP contribution in [0.15, 0.2) is 24.3 Å². The van der Waals surface area contributed by atoms with Gasteiger partial charge in [-0.3, -0.25) is 14.9 Å². The maximum atomic E-state index is 12.3. The van der Waals surface area contributed by atoms with Gasteiger partial charge < -0.3 is 19.7 Å². The summed E-state index contributed by atoms with van der Waals surface area (Å²) in [5.74, 6) is -0.235. The molecule has 8 heteroatoms. The van der Waals surface area contributed by atoms with Crippen molar-refractivity contribution >= 4 is 23.6 Å². The van der Waals surface area contributed by atoms with E-state index in [1.165, 1.54) is 7.11 Å². The number of fused-ring (bicyclic) bond motifs is 1. The van der Waals surface area contributed by atoms with Gasteiger partial charge in [-0.25, -0.2) is 4.79 Å². The van der Waals surface area contributed by atoms with Gasteiger partial charge in [0, 0.05) is 6.54 Å². The number of alkyl carbamates (subject to hydrolysis) is 1. The highest BCUT2D eigenvalue weighted by molar-refractivity contribution is 5.97. The summed E-state index contributed by atoms with van der Waals surface area (Å²) in [6, 6.07) is 6.47. The molecule has 25 heavy (non-hydrogen) atoms. The van der Waals surface area contributed by atoms with E-state index in [0.29, 0.717) is 18.0 Å². The average molecular weight is 349 g/mol. The van der Waals surface area contributed by atoms with Gasteiger partial charge in [-0.2, -0.15) is 0 Å². The van der Waals surface area contributed by atoms with Crippen LogP contribution in [0, 0.1) is 0 Å². The Morgan fingerprint density at radius 3 is 2.76 bits per heavy atom. The summed E-state index contributed by atoms with van der Waals surface area (Å²) >= 11 is 0. The number of ether oxygens (including phenoxy) is 2.